The minimum Gasteiger partial charge on any atom is -0.462 e. The molecule has 6 heteroatoms. The molecule has 0 rings (SSSR count). The van der Waals surface area contributed by atoms with Crippen LogP contribution in [0.3, 0.4) is 0 Å². The highest BCUT2D eigenvalue weighted by molar-refractivity contribution is 5.71. The van der Waals surface area contributed by atoms with Crippen molar-refractivity contribution in [1.82, 2.24) is 0 Å². The summed E-state index contributed by atoms with van der Waals surface area (Å²) in [5, 5.41) is 0. The molecule has 0 spiro atoms. The molecule has 0 aliphatic carbocycles. The van der Waals surface area contributed by atoms with Crippen molar-refractivity contribution in [2.75, 3.05) is 13.2 Å². The van der Waals surface area contributed by atoms with Crippen LogP contribution in [0, 0.1) is 0 Å². The Balaban J connectivity index is 4.41. The van der Waals surface area contributed by atoms with E-state index in [1.54, 1.807) is 0 Å². The van der Waals surface area contributed by atoms with Gasteiger partial charge < -0.3 is 14.2 Å². The van der Waals surface area contributed by atoms with Gasteiger partial charge in [0.2, 0.25) is 0 Å². The molecule has 0 aliphatic rings. The Kier molecular flexibility index (Phi) is 50.9. The van der Waals surface area contributed by atoms with Crippen LogP contribution in [0.15, 0.2) is 97.2 Å². The first kappa shape index (κ1) is 62.3. The van der Waals surface area contributed by atoms with Gasteiger partial charge in [-0.3, -0.25) is 14.4 Å². The van der Waals surface area contributed by atoms with Crippen molar-refractivity contribution in [2.45, 2.75) is 252 Å². The summed E-state index contributed by atoms with van der Waals surface area (Å²) >= 11 is 0. The van der Waals surface area contributed by atoms with E-state index in [-0.39, 0.29) is 31.1 Å². The smallest absolute Gasteiger partial charge is 0.306 e. The van der Waals surface area contributed by atoms with Crippen LogP contribution >= 0.6 is 0 Å². The first-order valence-electron chi connectivity index (χ1n) is 27.2. The summed E-state index contributed by atoms with van der Waals surface area (Å²) in [6.45, 7) is 6.44. The molecule has 0 N–H and O–H groups in total. The topological polar surface area (TPSA) is 78.9 Å². The SMILES string of the molecule is CC/C=C\C/C=C\C/C=C\C/C=C\C/C=C\C/C=C\CCCCC(=O)OCC(COC(=O)CCCCCCCCCCC)OC(=O)CCCCCCCCC/C=C\C/C=C\CCCCCC. The zero-order valence-corrected chi connectivity index (χ0v) is 42.9. The van der Waals surface area contributed by atoms with Crippen molar-refractivity contribution in [1.29, 1.82) is 0 Å². The van der Waals surface area contributed by atoms with Crippen LogP contribution in [0.2, 0.25) is 0 Å². The van der Waals surface area contributed by atoms with Gasteiger partial charge in [0.25, 0.3) is 0 Å². The van der Waals surface area contributed by atoms with E-state index in [9.17, 15) is 14.4 Å². The van der Waals surface area contributed by atoms with Gasteiger partial charge in [-0.1, -0.05) is 221 Å². The van der Waals surface area contributed by atoms with Gasteiger partial charge in [0.15, 0.2) is 6.10 Å². The van der Waals surface area contributed by atoms with Crippen molar-refractivity contribution in [3.63, 3.8) is 0 Å². The highest BCUT2D eigenvalue weighted by Gasteiger charge is 2.19. The van der Waals surface area contributed by atoms with Crippen LogP contribution in [0.25, 0.3) is 0 Å². The number of unbranched alkanes of at least 4 members (excludes halogenated alkanes) is 21. The lowest BCUT2D eigenvalue weighted by Crippen LogP contribution is -2.30. The molecule has 0 aromatic carbocycles. The van der Waals surface area contributed by atoms with E-state index < -0.39 is 6.10 Å². The van der Waals surface area contributed by atoms with Crippen LogP contribution in [0.4, 0.5) is 0 Å². The monoisotopic (exact) mass is 917 g/mol. The summed E-state index contributed by atoms with van der Waals surface area (Å²) in [7, 11) is 0. The predicted molar refractivity (Wildman–Crippen MR) is 284 cm³/mol. The summed E-state index contributed by atoms with van der Waals surface area (Å²) in [5.41, 5.74) is 0. The fourth-order valence-electron chi connectivity index (χ4n) is 7.24. The molecule has 0 heterocycles. The molecule has 0 saturated heterocycles. The zero-order chi connectivity index (χ0) is 47.9. The number of carbonyl (C=O) groups is 3. The number of hydrogen-bond donors (Lipinski definition) is 0. The second kappa shape index (κ2) is 53.9. The van der Waals surface area contributed by atoms with Gasteiger partial charge in [-0.25, -0.2) is 0 Å². The lowest BCUT2D eigenvalue weighted by atomic mass is 10.1. The van der Waals surface area contributed by atoms with Gasteiger partial charge >= 0.3 is 17.9 Å². The largest absolute Gasteiger partial charge is 0.462 e. The Morgan fingerprint density at radius 1 is 0.318 bits per heavy atom. The third-order valence-electron chi connectivity index (χ3n) is 11.3. The van der Waals surface area contributed by atoms with Crippen LogP contribution < -0.4 is 0 Å². The maximum atomic E-state index is 12.8. The van der Waals surface area contributed by atoms with Crippen molar-refractivity contribution < 1.29 is 28.6 Å². The molecule has 0 aromatic rings. The first-order valence-corrected chi connectivity index (χ1v) is 27.2. The molecule has 0 bridgehead atoms. The molecule has 0 saturated carbocycles. The molecule has 6 nitrogen and oxygen atoms in total. The molecule has 0 aromatic heterocycles. The van der Waals surface area contributed by atoms with E-state index in [4.69, 9.17) is 14.2 Å². The number of ether oxygens (including phenoxy) is 3. The summed E-state index contributed by atoms with van der Waals surface area (Å²) in [4.78, 5) is 38.0. The van der Waals surface area contributed by atoms with Crippen molar-refractivity contribution in [3.8, 4) is 0 Å². The molecular formula is C60H100O6. The lowest BCUT2D eigenvalue weighted by molar-refractivity contribution is -0.167. The second-order valence-electron chi connectivity index (χ2n) is 17.8. The fourth-order valence-corrected chi connectivity index (χ4v) is 7.24. The Morgan fingerprint density at radius 3 is 0.970 bits per heavy atom. The molecule has 0 amide bonds. The number of rotatable bonds is 48. The molecule has 66 heavy (non-hydrogen) atoms. The summed E-state index contributed by atoms with van der Waals surface area (Å²) in [6, 6.07) is 0. The average Bonchev–Trinajstić information content (AvgIpc) is 3.31. The molecular weight excluding hydrogens is 817 g/mol. The Labute approximate surface area is 407 Å². The maximum absolute atomic E-state index is 12.8. The maximum Gasteiger partial charge on any atom is 0.306 e. The van der Waals surface area contributed by atoms with Crippen LogP contribution in [-0.4, -0.2) is 37.2 Å². The second-order valence-corrected chi connectivity index (χ2v) is 17.8. The van der Waals surface area contributed by atoms with Gasteiger partial charge in [0, 0.05) is 19.3 Å². The highest BCUT2D eigenvalue weighted by atomic mass is 16.6. The Hall–Kier alpha value is -3.67. The van der Waals surface area contributed by atoms with E-state index in [1.807, 2.05) is 0 Å². The predicted octanol–water partition coefficient (Wildman–Crippen LogP) is 18.1. The minimum atomic E-state index is -0.798. The number of allylic oxidation sites excluding steroid dienone is 16. The van der Waals surface area contributed by atoms with Crippen molar-refractivity contribution in [2.24, 2.45) is 0 Å². The van der Waals surface area contributed by atoms with Crippen LogP contribution in [0.5, 0.6) is 0 Å². The quantitative estimate of drug-likeness (QED) is 0.0262. The fraction of sp³-hybridized carbons (Fsp3) is 0.683. The lowest BCUT2D eigenvalue weighted by Gasteiger charge is -2.18. The van der Waals surface area contributed by atoms with Crippen molar-refractivity contribution >= 4 is 17.9 Å². The van der Waals surface area contributed by atoms with Gasteiger partial charge in [-0.05, 0) is 103 Å². The van der Waals surface area contributed by atoms with Gasteiger partial charge in [-0.15, -0.1) is 0 Å². The minimum absolute atomic E-state index is 0.0943. The normalized spacial score (nSPS) is 12.8. The summed E-state index contributed by atoms with van der Waals surface area (Å²) in [5.74, 6) is -0.951. The third kappa shape index (κ3) is 51.3. The Bertz CT molecular complexity index is 1330. The standard InChI is InChI=1S/C60H100O6/c1-4-7-10-13-16-19-21-23-25-27-29-30-31-33-34-36-38-41-44-47-50-53-59(62)65-56-57(55-64-58(61)52-49-46-43-40-18-15-12-9-6-3)66-60(63)54-51-48-45-42-39-37-35-32-28-26-24-22-20-17-14-11-8-5-2/h7,10,16,19-20,22-23,25-26,28-30,33-34,38,41,57H,4-6,8-9,11-15,17-18,21,24,27,31-32,35-37,39-40,42-56H2,1-3H3/b10-7-,19-16-,22-20-,25-23-,28-26-,30-29-,34-33-,41-38-. The number of hydrogen-bond acceptors (Lipinski definition) is 6. The number of carbonyl (C=O) groups excluding carboxylic acids is 3. The molecule has 0 aliphatic heterocycles. The average molecular weight is 917 g/mol. The van der Waals surface area contributed by atoms with E-state index >= 15 is 0 Å². The molecule has 0 fully saturated rings. The van der Waals surface area contributed by atoms with Crippen LogP contribution in [-0.2, 0) is 28.6 Å². The first-order chi connectivity index (χ1) is 32.5. The third-order valence-corrected chi connectivity index (χ3v) is 11.3. The zero-order valence-electron chi connectivity index (χ0n) is 42.9. The molecule has 1 atom stereocenters. The Morgan fingerprint density at radius 2 is 0.591 bits per heavy atom. The van der Waals surface area contributed by atoms with Gasteiger partial charge in [0.1, 0.15) is 13.2 Å². The molecule has 376 valence electrons. The molecule has 0 radical (unpaired) electrons. The van der Waals surface area contributed by atoms with Gasteiger partial charge in [-0.2, -0.15) is 0 Å². The van der Waals surface area contributed by atoms with Gasteiger partial charge in [0.05, 0.1) is 0 Å². The van der Waals surface area contributed by atoms with E-state index in [2.05, 4.69) is 118 Å². The summed E-state index contributed by atoms with van der Waals surface area (Å²) < 4.78 is 16.8. The number of esters is 3. The van der Waals surface area contributed by atoms with Crippen LogP contribution in [0.1, 0.15) is 245 Å². The highest BCUT2D eigenvalue weighted by Crippen LogP contribution is 2.14. The van der Waals surface area contributed by atoms with E-state index in [0.717, 1.165) is 109 Å². The van der Waals surface area contributed by atoms with E-state index in [0.29, 0.717) is 19.3 Å². The van der Waals surface area contributed by atoms with E-state index in [1.165, 1.54) is 96.3 Å². The molecule has 1 unspecified atom stereocenters. The van der Waals surface area contributed by atoms with Crippen molar-refractivity contribution in [3.05, 3.63) is 97.2 Å². The summed E-state index contributed by atoms with van der Waals surface area (Å²) in [6.07, 6.45) is 71.1.